The zero-order chi connectivity index (χ0) is 14.1. The highest BCUT2D eigenvalue weighted by atomic mass is 32.2. The summed E-state index contributed by atoms with van der Waals surface area (Å²) in [5.74, 6) is 0.665. The second kappa shape index (κ2) is 5.33. The zero-order valence-corrected chi connectivity index (χ0v) is 12.5. The van der Waals surface area contributed by atoms with E-state index in [0.29, 0.717) is 0 Å². The fourth-order valence-corrected chi connectivity index (χ4v) is 3.56. The van der Waals surface area contributed by atoms with E-state index in [1.807, 2.05) is 31.2 Å². The standard InChI is InChI=1S/C17H17NOS/c1-3-20-17(19)16-12-8-4-6-10-14(12)18(2)15-11-7-5-9-13(15)16/h4-11,16H,3H2,1-2H3. The summed E-state index contributed by atoms with van der Waals surface area (Å²) in [6, 6.07) is 16.4. The van der Waals surface area contributed by atoms with Crippen LogP contribution in [0.3, 0.4) is 0 Å². The molecule has 1 heterocycles. The Morgan fingerprint density at radius 1 is 1.05 bits per heavy atom. The van der Waals surface area contributed by atoms with E-state index in [9.17, 15) is 4.79 Å². The average molecular weight is 283 g/mol. The van der Waals surface area contributed by atoms with Crippen LogP contribution in [0.15, 0.2) is 48.5 Å². The van der Waals surface area contributed by atoms with Crippen LogP contribution < -0.4 is 4.90 Å². The normalized spacial score (nSPS) is 13.8. The minimum atomic E-state index is -0.149. The number of thioether (sulfide) groups is 1. The third-order valence-electron chi connectivity index (χ3n) is 3.74. The maximum atomic E-state index is 12.6. The summed E-state index contributed by atoms with van der Waals surface area (Å²) in [5, 5.41) is 0.237. The van der Waals surface area contributed by atoms with Crippen molar-refractivity contribution in [2.45, 2.75) is 12.8 Å². The molecule has 20 heavy (non-hydrogen) atoms. The first kappa shape index (κ1) is 13.3. The molecule has 2 aromatic carbocycles. The van der Waals surface area contributed by atoms with E-state index >= 15 is 0 Å². The summed E-state index contributed by atoms with van der Waals surface area (Å²) in [6.07, 6.45) is 0. The Hall–Kier alpha value is -1.74. The fourth-order valence-electron chi connectivity index (χ4n) is 2.85. The Bertz CT molecular complexity index is 605. The molecule has 0 atom stereocenters. The van der Waals surface area contributed by atoms with Crippen LogP contribution in [0.2, 0.25) is 0 Å². The molecule has 1 aliphatic heterocycles. The first-order valence-corrected chi connectivity index (χ1v) is 7.80. The molecule has 1 aliphatic rings. The summed E-state index contributed by atoms with van der Waals surface area (Å²) in [6.45, 7) is 2.02. The molecule has 0 bridgehead atoms. The first-order chi connectivity index (χ1) is 9.74. The van der Waals surface area contributed by atoms with Gasteiger partial charge in [0.05, 0.1) is 5.92 Å². The lowest BCUT2D eigenvalue weighted by molar-refractivity contribution is -0.111. The molecule has 102 valence electrons. The molecular formula is C17H17NOS. The molecule has 2 nitrogen and oxygen atoms in total. The molecule has 3 rings (SSSR count). The van der Waals surface area contributed by atoms with E-state index in [0.717, 1.165) is 28.3 Å². The van der Waals surface area contributed by atoms with Crippen molar-refractivity contribution in [1.82, 2.24) is 0 Å². The number of hydrogen-bond donors (Lipinski definition) is 0. The number of carbonyl (C=O) groups is 1. The second-order valence-corrected chi connectivity index (χ2v) is 6.13. The molecule has 0 amide bonds. The molecule has 3 heteroatoms. The molecule has 0 spiro atoms. The smallest absolute Gasteiger partial charge is 0.200 e. The number of fused-ring (bicyclic) bond motifs is 2. The van der Waals surface area contributed by atoms with Crippen molar-refractivity contribution in [3.8, 4) is 0 Å². The highest BCUT2D eigenvalue weighted by Crippen LogP contribution is 2.46. The van der Waals surface area contributed by atoms with Gasteiger partial charge in [-0.3, -0.25) is 4.79 Å². The SMILES string of the molecule is CCSC(=O)C1c2ccccc2N(C)c2ccccc21. The van der Waals surface area contributed by atoms with Crippen molar-refractivity contribution < 1.29 is 4.79 Å². The fraction of sp³-hybridized carbons (Fsp3) is 0.235. The van der Waals surface area contributed by atoms with E-state index in [1.165, 1.54) is 11.8 Å². The van der Waals surface area contributed by atoms with Gasteiger partial charge in [-0.1, -0.05) is 55.1 Å². The number of nitrogens with zero attached hydrogens (tertiary/aromatic N) is 1. The van der Waals surface area contributed by atoms with Crippen molar-refractivity contribution in [1.29, 1.82) is 0 Å². The predicted octanol–water partition coefficient (Wildman–Crippen LogP) is 4.18. The van der Waals surface area contributed by atoms with Crippen LogP contribution in [0.1, 0.15) is 24.0 Å². The van der Waals surface area contributed by atoms with Crippen LogP contribution in [0.5, 0.6) is 0 Å². The lowest BCUT2D eigenvalue weighted by Gasteiger charge is -2.34. The molecule has 0 unspecified atom stereocenters. The van der Waals surface area contributed by atoms with Gasteiger partial charge in [0.25, 0.3) is 0 Å². The molecule has 0 saturated carbocycles. The van der Waals surface area contributed by atoms with Gasteiger partial charge in [0.2, 0.25) is 5.12 Å². The van der Waals surface area contributed by atoms with Crippen molar-refractivity contribution in [3.63, 3.8) is 0 Å². The van der Waals surface area contributed by atoms with Crippen LogP contribution in [-0.4, -0.2) is 17.9 Å². The lowest BCUT2D eigenvalue weighted by Crippen LogP contribution is -2.24. The van der Waals surface area contributed by atoms with Crippen molar-refractivity contribution >= 4 is 28.3 Å². The molecule has 0 aromatic heterocycles. The Morgan fingerprint density at radius 3 is 2.05 bits per heavy atom. The van der Waals surface area contributed by atoms with Crippen LogP contribution in [0.4, 0.5) is 11.4 Å². The molecular weight excluding hydrogens is 266 g/mol. The Balaban J connectivity index is 2.19. The highest BCUT2D eigenvalue weighted by molar-refractivity contribution is 8.13. The van der Waals surface area contributed by atoms with Gasteiger partial charge in [-0.15, -0.1) is 0 Å². The van der Waals surface area contributed by atoms with E-state index in [4.69, 9.17) is 0 Å². The topological polar surface area (TPSA) is 20.3 Å². The van der Waals surface area contributed by atoms with Crippen LogP contribution in [-0.2, 0) is 4.79 Å². The monoisotopic (exact) mass is 283 g/mol. The van der Waals surface area contributed by atoms with Gasteiger partial charge < -0.3 is 4.90 Å². The number of carbonyl (C=O) groups excluding carboxylic acids is 1. The predicted molar refractivity (Wildman–Crippen MR) is 85.9 cm³/mol. The molecule has 0 radical (unpaired) electrons. The van der Waals surface area contributed by atoms with Crippen molar-refractivity contribution in [2.24, 2.45) is 0 Å². The summed E-state index contributed by atoms with van der Waals surface area (Å²) in [4.78, 5) is 14.7. The lowest BCUT2D eigenvalue weighted by atomic mass is 9.86. The number of para-hydroxylation sites is 2. The number of benzene rings is 2. The molecule has 0 fully saturated rings. The van der Waals surface area contributed by atoms with E-state index < -0.39 is 0 Å². The minimum absolute atomic E-state index is 0.149. The molecule has 0 N–H and O–H groups in total. The third kappa shape index (κ3) is 2.02. The van der Waals surface area contributed by atoms with E-state index in [2.05, 4.69) is 36.2 Å². The van der Waals surface area contributed by atoms with E-state index in [1.54, 1.807) is 0 Å². The summed E-state index contributed by atoms with van der Waals surface area (Å²) >= 11 is 1.41. The maximum absolute atomic E-state index is 12.6. The van der Waals surface area contributed by atoms with Crippen LogP contribution in [0.25, 0.3) is 0 Å². The Kier molecular flexibility index (Phi) is 3.53. The number of anilines is 2. The third-order valence-corrected chi connectivity index (χ3v) is 4.55. The van der Waals surface area contributed by atoms with Crippen LogP contribution >= 0.6 is 11.8 Å². The van der Waals surface area contributed by atoms with Gasteiger partial charge in [0.15, 0.2) is 0 Å². The van der Waals surface area contributed by atoms with Crippen LogP contribution in [0, 0.1) is 0 Å². The quantitative estimate of drug-likeness (QED) is 0.824. The summed E-state index contributed by atoms with van der Waals surface area (Å²) < 4.78 is 0. The van der Waals surface area contributed by atoms with E-state index in [-0.39, 0.29) is 11.0 Å². The zero-order valence-electron chi connectivity index (χ0n) is 11.7. The minimum Gasteiger partial charge on any atom is -0.344 e. The summed E-state index contributed by atoms with van der Waals surface area (Å²) in [5.41, 5.74) is 4.47. The maximum Gasteiger partial charge on any atom is 0.200 e. The largest absolute Gasteiger partial charge is 0.344 e. The number of rotatable bonds is 2. The Labute approximate surface area is 123 Å². The molecule has 0 aliphatic carbocycles. The van der Waals surface area contributed by atoms with Gasteiger partial charge in [-0.2, -0.15) is 0 Å². The Morgan fingerprint density at radius 2 is 1.55 bits per heavy atom. The second-order valence-electron chi connectivity index (χ2n) is 4.86. The van der Waals surface area contributed by atoms with Crippen molar-refractivity contribution in [2.75, 3.05) is 17.7 Å². The summed E-state index contributed by atoms with van der Waals surface area (Å²) in [7, 11) is 2.06. The average Bonchev–Trinajstić information content (AvgIpc) is 2.48. The van der Waals surface area contributed by atoms with Gasteiger partial charge in [-0.25, -0.2) is 0 Å². The van der Waals surface area contributed by atoms with Gasteiger partial charge >= 0.3 is 0 Å². The van der Waals surface area contributed by atoms with Gasteiger partial charge in [0, 0.05) is 18.4 Å². The number of hydrogen-bond acceptors (Lipinski definition) is 3. The van der Waals surface area contributed by atoms with Crippen molar-refractivity contribution in [3.05, 3.63) is 59.7 Å². The first-order valence-electron chi connectivity index (χ1n) is 6.82. The molecule has 0 saturated heterocycles. The molecule has 2 aromatic rings. The van der Waals surface area contributed by atoms with Gasteiger partial charge in [-0.05, 0) is 29.0 Å². The van der Waals surface area contributed by atoms with Gasteiger partial charge in [0.1, 0.15) is 0 Å². The highest BCUT2D eigenvalue weighted by Gasteiger charge is 2.32.